The lowest BCUT2D eigenvalue weighted by molar-refractivity contribution is -0.140. The molecule has 0 heterocycles. The minimum atomic E-state index is -0.904. The molecule has 0 unspecified atom stereocenters. The van der Waals surface area contributed by atoms with Crippen molar-refractivity contribution >= 4 is 5.97 Å². The first kappa shape index (κ1) is 14.5. The average molecular weight is 244 g/mol. The standard InChI is InChI=1S/C13H24O4/c14-8-6-4-2-1-3-5-7-11-9-13(11,17)10-12(15)16/h11,14,17H,1-10H2,(H,15,16)/t11-,13+/m0/s1. The van der Waals surface area contributed by atoms with Gasteiger partial charge >= 0.3 is 5.97 Å². The molecule has 3 N–H and O–H groups in total. The Hall–Kier alpha value is -0.610. The quantitative estimate of drug-likeness (QED) is 0.513. The molecule has 0 aromatic rings. The minimum Gasteiger partial charge on any atom is -0.481 e. The Labute approximate surface area is 103 Å². The summed E-state index contributed by atoms with van der Waals surface area (Å²) in [6.45, 7) is 0.282. The summed E-state index contributed by atoms with van der Waals surface area (Å²) < 4.78 is 0. The van der Waals surface area contributed by atoms with Crippen molar-refractivity contribution < 1.29 is 20.1 Å². The smallest absolute Gasteiger partial charge is 0.306 e. The molecule has 1 saturated carbocycles. The van der Waals surface area contributed by atoms with E-state index in [1.54, 1.807) is 0 Å². The molecule has 1 aliphatic carbocycles. The maximum Gasteiger partial charge on any atom is 0.306 e. The second-order valence-electron chi connectivity index (χ2n) is 5.21. The number of carboxylic acids is 1. The van der Waals surface area contributed by atoms with E-state index < -0.39 is 11.6 Å². The summed E-state index contributed by atoms with van der Waals surface area (Å²) in [5.41, 5.74) is -0.900. The van der Waals surface area contributed by atoms with Gasteiger partial charge in [-0.15, -0.1) is 0 Å². The van der Waals surface area contributed by atoms with E-state index in [1.807, 2.05) is 0 Å². The summed E-state index contributed by atoms with van der Waals surface area (Å²) in [5.74, 6) is -0.699. The van der Waals surface area contributed by atoms with Gasteiger partial charge in [0.2, 0.25) is 0 Å². The maximum absolute atomic E-state index is 10.5. The number of hydrogen-bond acceptors (Lipinski definition) is 3. The molecular formula is C13H24O4. The lowest BCUT2D eigenvalue weighted by atomic mass is 10.0. The molecule has 1 rings (SSSR count). The molecule has 0 aliphatic heterocycles. The summed E-state index contributed by atoms with van der Waals surface area (Å²) in [5, 5.41) is 27.0. The molecule has 17 heavy (non-hydrogen) atoms. The van der Waals surface area contributed by atoms with Gasteiger partial charge in [0.1, 0.15) is 0 Å². The van der Waals surface area contributed by atoms with Gasteiger partial charge in [-0.3, -0.25) is 4.79 Å². The predicted octanol–water partition coefficient (Wildman–Crippen LogP) is 1.94. The van der Waals surface area contributed by atoms with E-state index in [4.69, 9.17) is 10.2 Å². The zero-order valence-electron chi connectivity index (χ0n) is 10.4. The van der Waals surface area contributed by atoms with Crippen LogP contribution in [0.3, 0.4) is 0 Å². The fourth-order valence-electron chi connectivity index (χ4n) is 2.43. The summed E-state index contributed by atoms with van der Waals surface area (Å²) in [7, 11) is 0. The Morgan fingerprint density at radius 1 is 1.12 bits per heavy atom. The second kappa shape index (κ2) is 6.97. The highest BCUT2D eigenvalue weighted by molar-refractivity contribution is 5.69. The van der Waals surface area contributed by atoms with Gasteiger partial charge in [-0.25, -0.2) is 0 Å². The van der Waals surface area contributed by atoms with Gasteiger partial charge in [0.15, 0.2) is 0 Å². The SMILES string of the molecule is O=C(O)C[C@]1(O)C[C@@H]1CCCCCCCCO. The van der Waals surface area contributed by atoms with Crippen LogP contribution in [-0.4, -0.2) is 33.5 Å². The largest absolute Gasteiger partial charge is 0.481 e. The minimum absolute atomic E-state index is 0.103. The molecule has 1 fully saturated rings. The molecule has 0 saturated heterocycles. The molecule has 0 aromatic carbocycles. The van der Waals surface area contributed by atoms with Crippen molar-refractivity contribution in [1.29, 1.82) is 0 Å². The summed E-state index contributed by atoms with van der Waals surface area (Å²) in [6, 6.07) is 0. The fraction of sp³-hybridized carbons (Fsp3) is 0.923. The Kier molecular flexibility index (Phi) is 5.92. The molecule has 0 bridgehead atoms. The van der Waals surface area contributed by atoms with Crippen molar-refractivity contribution in [2.75, 3.05) is 6.61 Å². The molecule has 0 aromatic heterocycles. The van der Waals surface area contributed by atoms with Crippen LogP contribution < -0.4 is 0 Å². The van der Waals surface area contributed by atoms with E-state index in [1.165, 1.54) is 6.42 Å². The van der Waals surface area contributed by atoms with Crippen molar-refractivity contribution in [3.63, 3.8) is 0 Å². The first-order valence-corrected chi connectivity index (χ1v) is 6.63. The van der Waals surface area contributed by atoms with Gasteiger partial charge in [-0.2, -0.15) is 0 Å². The van der Waals surface area contributed by atoms with E-state index >= 15 is 0 Å². The normalized spacial score (nSPS) is 27.1. The third-order valence-corrected chi connectivity index (χ3v) is 3.62. The van der Waals surface area contributed by atoms with E-state index in [2.05, 4.69) is 0 Å². The highest BCUT2D eigenvalue weighted by Crippen LogP contribution is 2.49. The number of carboxylic acid groups (broad SMARTS) is 1. The topological polar surface area (TPSA) is 77.8 Å². The van der Waals surface area contributed by atoms with Crippen LogP contribution >= 0.6 is 0 Å². The molecule has 100 valence electrons. The van der Waals surface area contributed by atoms with Crippen molar-refractivity contribution in [1.82, 2.24) is 0 Å². The van der Waals surface area contributed by atoms with Crippen LogP contribution in [0.15, 0.2) is 0 Å². The van der Waals surface area contributed by atoms with Gasteiger partial charge < -0.3 is 15.3 Å². The second-order valence-corrected chi connectivity index (χ2v) is 5.21. The summed E-state index contributed by atoms with van der Waals surface area (Å²) in [6.07, 6.45) is 8.02. The average Bonchev–Trinajstić information content (AvgIpc) is 2.86. The van der Waals surface area contributed by atoms with Gasteiger partial charge in [0, 0.05) is 6.61 Å². The van der Waals surface area contributed by atoms with Crippen molar-refractivity contribution in [3.8, 4) is 0 Å². The number of aliphatic hydroxyl groups excluding tert-OH is 1. The van der Waals surface area contributed by atoms with Crippen molar-refractivity contribution in [2.45, 2.75) is 63.4 Å². The number of unbranched alkanes of at least 4 members (excludes halogenated alkanes) is 5. The summed E-state index contributed by atoms with van der Waals surface area (Å²) >= 11 is 0. The van der Waals surface area contributed by atoms with Crippen LogP contribution in [0.25, 0.3) is 0 Å². The van der Waals surface area contributed by atoms with E-state index in [-0.39, 0.29) is 18.9 Å². The highest BCUT2D eigenvalue weighted by Gasteiger charge is 2.53. The van der Waals surface area contributed by atoms with Crippen LogP contribution in [0.2, 0.25) is 0 Å². The highest BCUT2D eigenvalue weighted by atomic mass is 16.4. The molecular weight excluding hydrogens is 220 g/mol. The first-order chi connectivity index (χ1) is 8.08. The molecule has 0 spiro atoms. The van der Waals surface area contributed by atoms with E-state index in [0.717, 1.165) is 38.5 Å². The lowest BCUT2D eigenvalue weighted by Crippen LogP contribution is -2.16. The van der Waals surface area contributed by atoms with Crippen LogP contribution in [-0.2, 0) is 4.79 Å². The van der Waals surface area contributed by atoms with Crippen LogP contribution in [0.5, 0.6) is 0 Å². The van der Waals surface area contributed by atoms with Gasteiger partial charge in [0.25, 0.3) is 0 Å². The number of hydrogen-bond donors (Lipinski definition) is 3. The fourth-order valence-corrected chi connectivity index (χ4v) is 2.43. The zero-order chi connectivity index (χ0) is 12.7. The van der Waals surface area contributed by atoms with Crippen LogP contribution in [0.1, 0.15) is 57.8 Å². The number of carbonyl (C=O) groups is 1. The Morgan fingerprint density at radius 3 is 2.29 bits per heavy atom. The maximum atomic E-state index is 10.5. The third kappa shape index (κ3) is 5.50. The van der Waals surface area contributed by atoms with E-state index in [9.17, 15) is 9.90 Å². The molecule has 2 atom stereocenters. The van der Waals surface area contributed by atoms with Crippen molar-refractivity contribution in [3.05, 3.63) is 0 Å². The number of rotatable bonds is 10. The lowest BCUT2D eigenvalue weighted by Gasteiger charge is -2.06. The van der Waals surface area contributed by atoms with Crippen LogP contribution in [0.4, 0.5) is 0 Å². The third-order valence-electron chi connectivity index (χ3n) is 3.62. The molecule has 4 nitrogen and oxygen atoms in total. The van der Waals surface area contributed by atoms with Crippen molar-refractivity contribution in [2.24, 2.45) is 5.92 Å². The predicted molar refractivity (Wildman–Crippen MR) is 64.7 cm³/mol. The van der Waals surface area contributed by atoms with Gasteiger partial charge in [0.05, 0.1) is 12.0 Å². The zero-order valence-corrected chi connectivity index (χ0v) is 10.4. The Bertz CT molecular complexity index is 242. The molecule has 4 heteroatoms. The van der Waals surface area contributed by atoms with Crippen LogP contribution in [0, 0.1) is 5.92 Å². The molecule has 0 amide bonds. The first-order valence-electron chi connectivity index (χ1n) is 6.63. The Balaban J connectivity index is 1.93. The van der Waals surface area contributed by atoms with Gasteiger partial charge in [-0.05, 0) is 25.2 Å². The monoisotopic (exact) mass is 244 g/mol. The summed E-state index contributed by atoms with van der Waals surface area (Å²) in [4.78, 5) is 10.5. The van der Waals surface area contributed by atoms with E-state index in [0.29, 0.717) is 6.42 Å². The van der Waals surface area contributed by atoms with Gasteiger partial charge in [-0.1, -0.05) is 32.1 Å². The number of aliphatic hydroxyl groups is 2. The number of aliphatic carboxylic acids is 1. The Morgan fingerprint density at radius 2 is 1.71 bits per heavy atom. The molecule has 0 radical (unpaired) electrons. The molecule has 1 aliphatic rings.